The highest BCUT2D eigenvalue weighted by Gasteiger charge is 2.19. The van der Waals surface area contributed by atoms with Gasteiger partial charge >= 0.3 is 0 Å². The lowest BCUT2D eigenvalue weighted by molar-refractivity contribution is 0.225. The van der Waals surface area contributed by atoms with Crippen molar-refractivity contribution in [2.75, 3.05) is 25.2 Å². The molecule has 0 aliphatic carbocycles. The first-order valence-corrected chi connectivity index (χ1v) is 10.1. The number of nitrogens with one attached hydrogen (secondary N) is 1. The monoisotopic (exact) mass is 347 g/mol. The van der Waals surface area contributed by atoms with Crippen molar-refractivity contribution < 1.29 is 22.5 Å². The van der Waals surface area contributed by atoms with E-state index in [1.807, 2.05) is 0 Å². The number of rotatable bonds is 6. The summed E-state index contributed by atoms with van der Waals surface area (Å²) in [4.78, 5) is 0.0967. The zero-order valence-electron chi connectivity index (χ0n) is 12.4. The summed E-state index contributed by atoms with van der Waals surface area (Å²) in [7, 11) is -2.90. The summed E-state index contributed by atoms with van der Waals surface area (Å²) in [6, 6.07) is 4.43. The maximum absolute atomic E-state index is 11.8. The highest BCUT2D eigenvalue weighted by molar-refractivity contribution is 7.89. The van der Waals surface area contributed by atoms with Crippen molar-refractivity contribution in [2.45, 2.75) is 24.3 Å². The minimum atomic E-state index is -3.54. The molecule has 0 saturated carbocycles. The third-order valence-electron chi connectivity index (χ3n) is 3.76. The summed E-state index contributed by atoms with van der Waals surface area (Å²) < 4.78 is 42.8. The van der Waals surface area contributed by atoms with Crippen LogP contribution in [0.15, 0.2) is 23.1 Å². The van der Waals surface area contributed by atoms with Crippen LogP contribution in [0.3, 0.4) is 0 Å². The molecule has 124 valence electrons. The van der Waals surface area contributed by atoms with Crippen molar-refractivity contribution in [2.24, 2.45) is 5.92 Å². The van der Waals surface area contributed by atoms with Crippen LogP contribution in [0.1, 0.15) is 18.4 Å². The van der Waals surface area contributed by atoms with Crippen molar-refractivity contribution >= 4 is 20.8 Å². The smallest absolute Gasteiger partial charge is 0.240 e. The van der Waals surface area contributed by atoms with Crippen LogP contribution in [0, 0.1) is 5.92 Å². The van der Waals surface area contributed by atoms with Crippen LogP contribution in [0.25, 0.3) is 0 Å². The lowest BCUT2D eigenvalue weighted by Crippen LogP contribution is -2.23. The normalized spacial score (nSPS) is 22.5. The van der Waals surface area contributed by atoms with E-state index >= 15 is 0 Å². The van der Waals surface area contributed by atoms with E-state index < -0.39 is 20.8 Å². The Morgan fingerprint density at radius 1 is 1.36 bits per heavy atom. The second-order valence-corrected chi connectivity index (χ2v) is 8.82. The fourth-order valence-corrected chi connectivity index (χ4v) is 4.50. The van der Waals surface area contributed by atoms with Crippen molar-refractivity contribution in [1.82, 2.24) is 4.72 Å². The molecule has 0 aromatic heterocycles. The Balaban J connectivity index is 2.06. The van der Waals surface area contributed by atoms with E-state index in [2.05, 4.69) is 4.72 Å². The SMILES string of the molecule is CNS(=O)(=O)c1ccc(OCC2CCS(=O)CC2)c(CO)c1. The van der Waals surface area contributed by atoms with Gasteiger partial charge in [0.05, 0.1) is 18.1 Å². The zero-order chi connectivity index (χ0) is 16.2. The Kier molecular flexibility index (Phi) is 5.96. The Morgan fingerprint density at radius 2 is 2.05 bits per heavy atom. The molecule has 0 unspecified atom stereocenters. The topological polar surface area (TPSA) is 92.7 Å². The number of aliphatic hydroxyl groups excluding tert-OH is 1. The van der Waals surface area contributed by atoms with Gasteiger partial charge in [0, 0.05) is 27.9 Å². The third-order valence-corrected chi connectivity index (χ3v) is 6.56. The lowest BCUT2D eigenvalue weighted by atomic mass is 10.0. The molecule has 1 aromatic carbocycles. The number of hydrogen-bond acceptors (Lipinski definition) is 5. The van der Waals surface area contributed by atoms with Crippen LogP contribution in [-0.2, 0) is 27.4 Å². The quantitative estimate of drug-likeness (QED) is 0.787. The first-order valence-electron chi connectivity index (χ1n) is 7.11. The number of benzene rings is 1. The van der Waals surface area contributed by atoms with Gasteiger partial charge in [-0.3, -0.25) is 4.21 Å². The average molecular weight is 347 g/mol. The predicted octanol–water partition coefficient (Wildman–Crippen LogP) is 0.624. The number of aliphatic hydroxyl groups is 1. The summed E-state index contributed by atoms with van der Waals surface area (Å²) in [5, 5.41) is 9.42. The van der Waals surface area contributed by atoms with Crippen molar-refractivity contribution in [3.05, 3.63) is 23.8 Å². The number of hydrogen-bond donors (Lipinski definition) is 2. The first kappa shape index (κ1) is 17.4. The molecular weight excluding hydrogens is 326 g/mol. The van der Waals surface area contributed by atoms with Crippen LogP contribution in [0.5, 0.6) is 5.75 Å². The molecule has 6 nitrogen and oxygen atoms in total. The molecule has 1 aliphatic heterocycles. The minimum absolute atomic E-state index is 0.0967. The zero-order valence-corrected chi connectivity index (χ0v) is 14.1. The molecule has 0 radical (unpaired) electrons. The molecule has 2 N–H and O–H groups in total. The number of sulfonamides is 1. The molecule has 1 heterocycles. The molecule has 2 rings (SSSR count). The van der Waals surface area contributed by atoms with E-state index in [9.17, 15) is 17.7 Å². The van der Waals surface area contributed by atoms with Crippen LogP contribution >= 0.6 is 0 Å². The Morgan fingerprint density at radius 3 is 2.64 bits per heavy atom. The second kappa shape index (κ2) is 7.54. The van der Waals surface area contributed by atoms with Gasteiger partial charge in [-0.25, -0.2) is 13.1 Å². The van der Waals surface area contributed by atoms with Crippen LogP contribution in [0.2, 0.25) is 0 Å². The maximum Gasteiger partial charge on any atom is 0.240 e. The molecule has 8 heteroatoms. The summed E-state index contributed by atoms with van der Waals surface area (Å²) in [6.07, 6.45) is 1.74. The van der Waals surface area contributed by atoms with E-state index in [1.165, 1.54) is 19.2 Å². The molecule has 0 bridgehead atoms. The van der Waals surface area contributed by atoms with Crippen molar-refractivity contribution in [3.63, 3.8) is 0 Å². The molecule has 1 fully saturated rings. The van der Waals surface area contributed by atoms with Crippen LogP contribution in [0.4, 0.5) is 0 Å². The van der Waals surface area contributed by atoms with Gasteiger partial charge < -0.3 is 9.84 Å². The lowest BCUT2D eigenvalue weighted by Gasteiger charge is -2.22. The van der Waals surface area contributed by atoms with E-state index in [0.29, 0.717) is 35.3 Å². The van der Waals surface area contributed by atoms with Crippen LogP contribution < -0.4 is 9.46 Å². The highest BCUT2D eigenvalue weighted by Crippen LogP contribution is 2.25. The van der Waals surface area contributed by atoms with Crippen molar-refractivity contribution in [1.29, 1.82) is 0 Å². The minimum Gasteiger partial charge on any atom is -0.493 e. The van der Waals surface area contributed by atoms with Gasteiger partial charge in [-0.05, 0) is 44.0 Å². The summed E-state index contributed by atoms with van der Waals surface area (Å²) in [5.74, 6) is 2.26. The van der Waals surface area contributed by atoms with E-state index in [-0.39, 0.29) is 11.5 Å². The Hall–Kier alpha value is -0.960. The summed E-state index contributed by atoms with van der Waals surface area (Å²) in [6.45, 7) is 0.194. The maximum atomic E-state index is 11.8. The molecular formula is C14H21NO5S2. The summed E-state index contributed by atoms with van der Waals surface area (Å²) >= 11 is 0. The third kappa shape index (κ3) is 4.28. The number of ether oxygens (including phenoxy) is 1. The molecule has 0 spiro atoms. The summed E-state index contributed by atoms with van der Waals surface area (Å²) in [5.41, 5.74) is 0.440. The van der Waals surface area contributed by atoms with E-state index in [0.717, 1.165) is 12.8 Å². The Labute approximate surface area is 133 Å². The van der Waals surface area contributed by atoms with Gasteiger partial charge in [0.25, 0.3) is 0 Å². The fourth-order valence-electron chi connectivity index (χ4n) is 2.32. The van der Waals surface area contributed by atoms with E-state index in [4.69, 9.17) is 4.74 Å². The van der Waals surface area contributed by atoms with Gasteiger partial charge in [0.1, 0.15) is 5.75 Å². The van der Waals surface area contributed by atoms with E-state index in [1.54, 1.807) is 6.07 Å². The van der Waals surface area contributed by atoms with Crippen molar-refractivity contribution in [3.8, 4) is 5.75 Å². The van der Waals surface area contributed by atoms with Gasteiger partial charge in [-0.2, -0.15) is 0 Å². The van der Waals surface area contributed by atoms with Gasteiger partial charge in [-0.15, -0.1) is 0 Å². The predicted molar refractivity (Wildman–Crippen MR) is 84.7 cm³/mol. The first-order chi connectivity index (χ1) is 10.5. The van der Waals surface area contributed by atoms with Gasteiger partial charge in [-0.1, -0.05) is 0 Å². The van der Waals surface area contributed by atoms with Gasteiger partial charge in [0.15, 0.2) is 0 Å². The second-order valence-electron chi connectivity index (χ2n) is 5.24. The standard InChI is InChI=1S/C14H21NO5S2/c1-15-22(18,19)13-2-3-14(12(8-13)9-16)20-10-11-4-6-21(17)7-5-11/h2-3,8,11,15-16H,4-7,9-10H2,1H3. The molecule has 1 aliphatic rings. The average Bonchev–Trinajstić information content (AvgIpc) is 2.54. The molecule has 22 heavy (non-hydrogen) atoms. The molecule has 1 saturated heterocycles. The Bertz CT molecular complexity index is 635. The molecule has 0 amide bonds. The largest absolute Gasteiger partial charge is 0.493 e. The molecule has 0 atom stereocenters. The van der Waals surface area contributed by atoms with Gasteiger partial charge in [0.2, 0.25) is 10.0 Å². The molecule has 1 aromatic rings. The van der Waals surface area contributed by atoms with Crippen LogP contribution in [-0.4, -0.2) is 42.9 Å². The fraction of sp³-hybridized carbons (Fsp3) is 0.571. The highest BCUT2D eigenvalue weighted by atomic mass is 32.2.